The van der Waals surface area contributed by atoms with Crippen molar-refractivity contribution in [2.24, 2.45) is 17.0 Å². The van der Waals surface area contributed by atoms with Gasteiger partial charge in [-0.2, -0.15) is 0 Å². The summed E-state index contributed by atoms with van der Waals surface area (Å²) in [5.74, 6) is 5.60. The number of rotatable bonds is 5. The highest BCUT2D eigenvalue weighted by atomic mass is 16.5. The van der Waals surface area contributed by atoms with Crippen molar-refractivity contribution in [3.8, 4) is 5.88 Å². The first kappa shape index (κ1) is 19.4. The molecule has 2 aliphatic carbocycles. The van der Waals surface area contributed by atoms with E-state index in [1.54, 1.807) is 18.3 Å². The molecule has 3 aromatic rings. The number of hydrogen-bond donors (Lipinski definition) is 2. The zero-order valence-corrected chi connectivity index (χ0v) is 16.8. The van der Waals surface area contributed by atoms with Crippen LogP contribution in [0.5, 0.6) is 5.88 Å². The lowest BCUT2D eigenvalue weighted by Crippen LogP contribution is -2.61. The molecule has 1 spiro atoms. The number of ether oxygens (including phenoxy) is 1. The number of aromatic nitrogens is 3. The molecule has 0 aliphatic heterocycles. The van der Waals surface area contributed by atoms with Gasteiger partial charge in [0.2, 0.25) is 5.88 Å². The van der Waals surface area contributed by atoms with Crippen LogP contribution in [0.2, 0.25) is 0 Å². The highest BCUT2D eigenvalue weighted by molar-refractivity contribution is 6.04. The molecule has 0 saturated heterocycles. The monoisotopic (exact) mass is 418 g/mol. The Morgan fingerprint density at radius 3 is 2.58 bits per heavy atom. The molecule has 4 N–H and O–H groups in total. The van der Waals surface area contributed by atoms with Crippen LogP contribution in [-0.2, 0) is 0 Å². The lowest BCUT2D eigenvalue weighted by Gasteiger charge is -2.58. The van der Waals surface area contributed by atoms with Crippen molar-refractivity contribution in [2.75, 3.05) is 0 Å². The van der Waals surface area contributed by atoms with Crippen molar-refractivity contribution < 1.29 is 14.3 Å². The quantitative estimate of drug-likeness (QED) is 0.366. The van der Waals surface area contributed by atoms with Gasteiger partial charge in [0.05, 0.1) is 5.52 Å². The Kier molecular flexibility index (Phi) is 4.55. The van der Waals surface area contributed by atoms with Gasteiger partial charge in [0.15, 0.2) is 0 Å². The fourth-order valence-electron chi connectivity index (χ4n) is 4.75. The summed E-state index contributed by atoms with van der Waals surface area (Å²) in [4.78, 5) is 37.0. The predicted octanol–water partition coefficient (Wildman–Crippen LogP) is 1.83. The molecule has 5 rings (SSSR count). The maximum atomic E-state index is 13.0. The van der Waals surface area contributed by atoms with E-state index >= 15 is 0 Å². The number of hydrogen-bond acceptors (Lipinski definition) is 7. The average molecular weight is 418 g/mol. The Balaban J connectivity index is 1.20. The van der Waals surface area contributed by atoms with E-state index in [2.05, 4.69) is 15.0 Å². The Morgan fingerprint density at radius 2 is 1.81 bits per heavy atom. The van der Waals surface area contributed by atoms with Gasteiger partial charge in [0.25, 0.3) is 11.8 Å². The number of pyridine rings is 1. The molecule has 9 heteroatoms. The third-order valence-electron chi connectivity index (χ3n) is 6.35. The second kappa shape index (κ2) is 7.28. The molecule has 0 radical (unpaired) electrons. The van der Waals surface area contributed by atoms with Gasteiger partial charge in [-0.25, -0.2) is 20.8 Å². The van der Waals surface area contributed by atoms with Gasteiger partial charge in [0.1, 0.15) is 23.7 Å². The molecule has 158 valence electrons. The number of hydrazine groups is 1. The van der Waals surface area contributed by atoms with E-state index < -0.39 is 5.91 Å². The number of nitrogens with two attached hydrogens (primary N) is 2. The zero-order chi connectivity index (χ0) is 21.6. The Hall–Kier alpha value is -3.59. The van der Waals surface area contributed by atoms with Crippen LogP contribution in [0, 0.1) is 5.41 Å². The maximum Gasteiger partial charge on any atom is 0.287 e. The summed E-state index contributed by atoms with van der Waals surface area (Å²) in [7, 11) is 0. The SMILES string of the molecule is NC(=O)c1cccnc1OC1CC2(C1)CC(N(N)C(=O)c1ncnc3ccccc13)C2. The second-order valence-electron chi connectivity index (χ2n) is 8.38. The highest BCUT2D eigenvalue weighted by Crippen LogP contribution is 2.57. The number of para-hydroxylation sites is 1. The van der Waals surface area contributed by atoms with Crippen molar-refractivity contribution in [3.63, 3.8) is 0 Å². The lowest BCUT2D eigenvalue weighted by atomic mass is 9.52. The molecule has 9 nitrogen and oxygen atoms in total. The number of fused-ring (bicyclic) bond motifs is 1. The summed E-state index contributed by atoms with van der Waals surface area (Å²) >= 11 is 0. The molecule has 2 saturated carbocycles. The summed E-state index contributed by atoms with van der Waals surface area (Å²) < 4.78 is 5.89. The van der Waals surface area contributed by atoms with Gasteiger partial charge >= 0.3 is 0 Å². The average Bonchev–Trinajstić information content (AvgIpc) is 2.73. The molecular weight excluding hydrogens is 396 g/mol. The standard InChI is InChI=1S/C22H22N6O3/c23-19(29)16-5-3-7-25-20(16)31-14-10-22(11-14)8-13(9-22)28(24)21(30)18-15-4-1-2-6-17(15)26-12-27-18/h1-7,12-14H,8-11,24H2,(H2,23,29). The fourth-order valence-corrected chi connectivity index (χ4v) is 4.75. The molecular formula is C22H22N6O3. The number of carbonyl (C=O) groups is 2. The largest absolute Gasteiger partial charge is 0.474 e. The van der Waals surface area contributed by atoms with Gasteiger partial charge in [-0.1, -0.05) is 18.2 Å². The lowest BCUT2D eigenvalue weighted by molar-refractivity contribution is -0.108. The fraction of sp³-hybridized carbons (Fsp3) is 0.318. The normalized spacial score (nSPS) is 24.3. The smallest absolute Gasteiger partial charge is 0.287 e. The molecule has 0 unspecified atom stereocenters. The van der Waals surface area contributed by atoms with Crippen molar-refractivity contribution in [2.45, 2.75) is 37.8 Å². The number of nitrogens with zero attached hydrogens (tertiary/aromatic N) is 4. The molecule has 2 aliphatic rings. The van der Waals surface area contributed by atoms with Crippen LogP contribution in [0.3, 0.4) is 0 Å². The molecule has 1 aromatic carbocycles. The maximum absolute atomic E-state index is 13.0. The van der Waals surface area contributed by atoms with Gasteiger partial charge < -0.3 is 10.5 Å². The van der Waals surface area contributed by atoms with Crippen molar-refractivity contribution in [1.29, 1.82) is 0 Å². The highest BCUT2D eigenvalue weighted by Gasteiger charge is 2.56. The predicted molar refractivity (Wildman–Crippen MR) is 112 cm³/mol. The summed E-state index contributed by atoms with van der Waals surface area (Å²) in [6.07, 6.45) is 6.21. The second-order valence-corrected chi connectivity index (χ2v) is 8.38. The van der Waals surface area contributed by atoms with Crippen molar-refractivity contribution >= 4 is 22.7 Å². The molecule has 2 fully saturated rings. The van der Waals surface area contributed by atoms with Gasteiger partial charge in [-0.3, -0.25) is 14.6 Å². The molecule has 2 heterocycles. The van der Waals surface area contributed by atoms with Crippen LogP contribution in [-0.4, -0.2) is 43.9 Å². The van der Waals surface area contributed by atoms with E-state index in [-0.39, 0.29) is 34.9 Å². The molecule has 0 bridgehead atoms. The first-order valence-corrected chi connectivity index (χ1v) is 10.2. The molecule has 2 aromatic heterocycles. The summed E-state index contributed by atoms with van der Waals surface area (Å²) in [5, 5.41) is 2.00. The van der Waals surface area contributed by atoms with E-state index in [0.717, 1.165) is 25.7 Å². The van der Waals surface area contributed by atoms with E-state index in [0.29, 0.717) is 16.6 Å². The van der Waals surface area contributed by atoms with Crippen LogP contribution in [0.4, 0.5) is 0 Å². The van der Waals surface area contributed by atoms with Crippen molar-refractivity contribution in [3.05, 3.63) is 60.2 Å². The van der Waals surface area contributed by atoms with Crippen LogP contribution >= 0.6 is 0 Å². The van der Waals surface area contributed by atoms with Gasteiger partial charge in [-0.15, -0.1) is 0 Å². The topological polar surface area (TPSA) is 137 Å². The van der Waals surface area contributed by atoms with Crippen molar-refractivity contribution in [1.82, 2.24) is 20.0 Å². The van der Waals surface area contributed by atoms with E-state index in [1.807, 2.05) is 24.3 Å². The van der Waals surface area contributed by atoms with E-state index in [1.165, 1.54) is 11.3 Å². The molecule has 2 amide bonds. The van der Waals surface area contributed by atoms with Gasteiger partial charge in [-0.05, 0) is 49.3 Å². The Bertz CT molecular complexity index is 1160. The first-order chi connectivity index (χ1) is 15.0. The van der Waals surface area contributed by atoms with E-state index in [9.17, 15) is 9.59 Å². The zero-order valence-electron chi connectivity index (χ0n) is 16.8. The van der Waals surface area contributed by atoms with Crippen LogP contribution < -0.4 is 16.3 Å². The number of carbonyl (C=O) groups excluding carboxylic acids is 2. The number of benzene rings is 1. The van der Waals surface area contributed by atoms with Crippen LogP contribution in [0.1, 0.15) is 46.5 Å². The summed E-state index contributed by atoms with van der Waals surface area (Å²) in [5.41, 5.74) is 6.81. The molecule has 0 atom stereocenters. The minimum atomic E-state index is -0.560. The summed E-state index contributed by atoms with van der Waals surface area (Å²) in [6.45, 7) is 0. The minimum absolute atomic E-state index is 0.0262. The Labute approximate surface area is 178 Å². The number of primary amides is 1. The third kappa shape index (κ3) is 3.36. The summed E-state index contributed by atoms with van der Waals surface area (Å²) in [6, 6.07) is 10.6. The third-order valence-corrected chi connectivity index (χ3v) is 6.35. The Morgan fingerprint density at radius 1 is 1.03 bits per heavy atom. The number of amides is 2. The van der Waals surface area contributed by atoms with E-state index in [4.69, 9.17) is 16.3 Å². The van der Waals surface area contributed by atoms with Gasteiger partial charge in [0, 0.05) is 17.6 Å². The first-order valence-electron chi connectivity index (χ1n) is 10.2. The molecule has 31 heavy (non-hydrogen) atoms. The minimum Gasteiger partial charge on any atom is -0.474 e. The van der Waals surface area contributed by atoms with Crippen LogP contribution in [0.25, 0.3) is 10.9 Å². The van der Waals surface area contributed by atoms with Crippen LogP contribution in [0.15, 0.2) is 48.9 Å².